The van der Waals surface area contributed by atoms with Crippen LogP contribution >= 0.6 is 0 Å². The first kappa shape index (κ1) is 22.7. The van der Waals surface area contributed by atoms with Crippen LogP contribution in [0.25, 0.3) is 0 Å². The molecule has 1 heterocycles. The summed E-state index contributed by atoms with van der Waals surface area (Å²) in [6.45, 7) is 11.7. The summed E-state index contributed by atoms with van der Waals surface area (Å²) >= 11 is 0. The fraction of sp³-hybridized carbons (Fsp3) is 0.440. The number of piperazine rings is 1. The molecule has 1 aliphatic rings. The maximum absolute atomic E-state index is 13.3. The van der Waals surface area contributed by atoms with E-state index in [0.29, 0.717) is 31.2 Å². The number of amides is 2. The van der Waals surface area contributed by atoms with Crippen molar-refractivity contribution in [2.24, 2.45) is 11.7 Å². The van der Waals surface area contributed by atoms with Gasteiger partial charge in [-0.15, -0.1) is 0 Å². The molecular formula is C25H33N3O3. The maximum Gasteiger partial charge on any atom is 0.248 e. The number of nitrogens with zero attached hydrogens (tertiary/aromatic N) is 2. The van der Waals surface area contributed by atoms with Gasteiger partial charge >= 0.3 is 0 Å². The summed E-state index contributed by atoms with van der Waals surface area (Å²) in [4.78, 5) is 28.7. The number of anilines is 1. The second-order valence-electron chi connectivity index (χ2n) is 9.04. The van der Waals surface area contributed by atoms with Crippen LogP contribution < -0.4 is 15.4 Å². The van der Waals surface area contributed by atoms with Gasteiger partial charge in [0, 0.05) is 37.4 Å². The van der Waals surface area contributed by atoms with Gasteiger partial charge < -0.3 is 20.3 Å². The van der Waals surface area contributed by atoms with Crippen molar-refractivity contribution in [1.29, 1.82) is 0 Å². The molecule has 6 heteroatoms. The Bertz CT molecular complexity index is 897. The SMILES string of the molecule is CC(C)COc1ccc(C(C)(C)C(=O)N2CCN(c3ccc(C(N)=O)cc3)CC2)cc1. The van der Waals surface area contributed by atoms with Gasteiger partial charge in [0.25, 0.3) is 0 Å². The van der Waals surface area contributed by atoms with Crippen molar-refractivity contribution in [2.75, 3.05) is 37.7 Å². The predicted octanol–water partition coefficient (Wildman–Crippen LogP) is 3.45. The van der Waals surface area contributed by atoms with Crippen LogP contribution in [-0.4, -0.2) is 49.5 Å². The fourth-order valence-electron chi connectivity index (χ4n) is 3.75. The Morgan fingerprint density at radius 3 is 2.06 bits per heavy atom. The van der Waals surface area contributed by atoms with E-state index in [4.69, 9.17) is 10.5 Å². The second kappa shape index (κ2) is 9.41. The molecule has 0 bridgehead atoms. The van der Waals surface area contributed by atoms with Crippen molar-refractivity contribution >= 4 is 17.5 Å². The molecule has 2 N–H and O–H groups in total. The third-order valence-corrected chi connectivity index (χ3v) is 5.78. The maximum atomic E-state index is 13.3. The number of hydrogen-bond donors (Lipinski definition) is 1. The standard InChI is InChI=1S/C25H33N3O3/c1-18(2)17-31-22-11-7-20(8-12-22)25(3,4)24(30)28-15-13-27(14-16-28)21-9-5-19(6-10-21)23(26)29/h5-12,18H,13-17H2,1-4H3,(H2,26,29). The van der Waals surface area contributed by atoms with Crippen molar-refractivity contribution in [1.82, 2.24) is 4.90 Å². The number of rotatable bonds is 7. The van der Waals surface area contributed by atoms with Gasteiger partial charge in [0.2, 0.25) is 11.8 Å². The zero-order valence-corrected chi connectivity index (χ0v) is 18.9. The third kappa shape index (κ3) is 5.37. The van der Waals surface area contributed by atoms with E-state index in [-0.39, 0.29) is 5.91 Å². The molecule has 0 aromatic heterocycles. The minimum atomic E-state index is -0.609. The summed E-state index contributed by atoms with van der Waals surface area (Å²) < 4.78 is 5.76. The Morgan fingerprint density at radius 1 is 0.968 bits per heavy atom. The minimum Gasteiger partial charge on any atom is -0.493 e. The normalized spacial score (nSPS) is 14.6. The zero-order valence-electron chi connectivity index (χ0n) is 18.9. The first-order valence-corrected chi connectivity index (χ1v) is 10.9. The zero-order chi connectivity index (χ0) is 22.6. The molecule has 166 valence electrons. The van der Waals surface area contributed by atoms with Gasteiger partial charge in [-0.3, -0.25) is 9.59 Å². The van der Waals surface area contributed by atoms with Crippen LogP contribution in [0.1, 0.15) is 43.6 Å². The highest BCUT2D eigenvalue weighted by Crippen LogP contribution is 2.29. The molecule has 2 aromatic rings. The van der Waals surface area contributed by atoms with Crippen molar-refractivity contribution in [2.45, 2.75) is 33.1 Å². The monoisotopic (exact) mass is 423 g/mol. The summed E-state index contributed by atoms with van der Waals surface area (Å²) in [6.07, 6.45) is 0. The van der Waals surface area contributed by atoms with E-state index in [9.17, 15) is 9.59 Å². The number of carbonyl (C=O) groups excluding carboxylic acids is 2. The highest BCUT2D eigenvalue weighted by Gasteiger charge is 2.35. The van der Waals surface area contributed by atoms with Gasteiger partial charge in [-0.2, -0.15) is 0 Å². The van der Waals surface area contributed by atoms with E-state index >= 15 is 0 Å². The highest BCUT2D eigenvalue weighted by molar-refractivity contribution is 5.93. The van der Waals surface area contributed by atoms with Crippen LogP contribution in [0.4, 0.5) is 5.69 Å². The van der Waals surface area contributed by atoms with Crippen molar-refractivity contribution in [3.63, 3.8) is 0 Å². The summed E-state index contributed by atoms with van der Waals surface area (Å²) in [7, 11) is 0. The lowest BCUT2D eigenvalue weighted by atomic mass is 9.83. The van der Waals surface area contributed by atoms with Gasteiger partial charge in [-0.25, -0.2) is 0 Å². The molecule has 0 aliphatic carbocycles. The summed E-state index contributed by atoms with van der Waals surface area (Å²) in [5.41, 5.74) is 7.23. The van der Waals surface area contributed by atoms with E-state index in [1.807, 2.05) is 55.1 Å². The summed E-state index contributed by atoms with van der Waals surface area (Å²) in [5.74, 6) is 1.00. The van der Waals surface area contributed by atoms with Crippen molar-refractivity contribution < 1.29 is 14.3 Å². The molecule has 0 atom stereocenters. The van der Waals surface area contributed by atoms with E-state index < -0.39 is 11.3 Å². The van der Waals surface area contributed by atoms with Crippen LogP contribution in [0.2, 0.25) is 0 Å². The number of ether oxygens (including phenoxy) is 1. The molecule has 1 fully saturated rings. The Hall–Kier alpha value is -3.02. The van der Waals surface area contributed by atoms with Crippen LogP contribution in [0, 0.1) is 5.92 Å². The van der Waals surface area contributed by atoms with Gasteiger partial charge in [0.05, 0.1) is 12.0 Å². The molecular weight excluding hydrogens is 390 g/mol. The van der Waals surface area contributed by atoms with Gasteiger partial charge in [0.15, 0.2) is 0 Å². The first-order valence-electron chi connectivity index (χ1n) is 10.9. The summed E-state index contributed by atoms with van der Waals surface area (Å²) in [5, 5.41) is 0. The van der Waals surface area contributed by atoms with Gasteiger partial charge in [-0.05, 0) is 61.7 Å². The molecule has 1 aliphatic heterocycles. The second-order valence-corrected chi connectivity index (χ2v) is 9.04. The molecule has 31 heavy (non-hydrogen) atoms. The molecule has 0 spiro atoms. The molecule has 6 nitrogen and oxygen atoms in total. The largest absolute Gasteiger partial charge is 0.493 e. The Labute approximate surface area is 185 Å². The van der Waals surface area contributed by atoms with Crippen LogP contribution in [0.15, 0.2) is 48.5 Å². The Balaban J connectivity index is 1.60. The number of nitrogens with two attached hydrogens (primary N) is 1. The Morgan fingerprint density at radius 2 is 1.55 bits per heavy atom. The van der Waals surface area contributed by atoms with E-state index in [0.717, 1.165) is 30.1 Å². The highest BCUT2D eigenvalue weighted by atomic mass is 16.5. The molecule has 0 radical (unpaired) electrons. The smallest absolute Gasteiger partial charge is 0.248 e. The minimum absolute atomic E-state index is 0.132. The van der Waals surface area contributed by atoms with Gasteiger partial charge in [-0.1, -0.05) is 26.0 Å². The lowest BCUT2D eigenvalue weighted by molar-refractivity contribution is -0.136. The Kier molecular flexibility index (Phi) is 6.88. The van der Waals surface area contributed by atoms with Crippen LogP contribution in [0.5, 0.6) is 5.75 Å². The molecule has 2 amide bonds. The number of hydrogen-bond acceptors (Lipinski definition) is 4. The number of primary amides is 1. The van der Waals surface area contributed by atoms with Crippen molar-refractivity contribution in [3.8, 4) is 5.75 Å². The van der Waals surface area contributed by atoms with E-state index in [1.165, 1.54) is 0 Å². The average Bonchev–Trinajstić information content (AvgIpc) is 2.77. The molecule has 3 rings (SSSR count). The summed E-state index contributed by atoms with van der Waals surface area (Å²) in [6, 6.07) is 15.2. The predicted molar refractivity (Wildman–Crippen MR) is 124 cm³/mol. The number of benzene rings is 2. The molecule has 1 saturated heterocycles. The van der Waals surface area contributed by atoms with E-state index in [1.54, 1.807) is 12.1 Å². The number of carbonyl (C=O) groups is 2. The molecule has 0 saturated carbocycles. The lowest BCUT2D eigenvalue weighted by Gasteiger charge is -2.39. The average molecular weight is 424 g/mol. The topological polar surface area (TPSA) is 75.9 Å². The third-order valence-electron chi connectivity index (χ3n) is 5.78. The van der Waals surface area contributed by atoms with Crippen molar-refractivity contribution in [3.05, 3.63) is 59.7 Å². The lowest BCUT2D eigenvalue weighted by Crippen LogP contribution is -2.53. The van der Waals surface area contributed by atoms with E-state index in [2.05, 4.69) is 18.7 Å². The van der Waals surface area contributed by atoms with Crippen LogP contribution in [-0.2, 0) is 10.2 Å². The van der Waals surface area contributed by atoms with Crippen LogP contribution in [0.3, 0.4) is 0 Å². The quantitative estimate of drug-likeness (QED) is 0.740. The molecule has 2 aromatic carbocycles. The fourth-order valence-corrected chi connectivity index (χ4v) is 3.75. The van der Waals surface area contributed by atoms with Gasteiger partial charge in [0.1, 0.15) is 5.75 Å². The molecule has 0 unspecified atom stereocenters. The first-order chi connectivity index (χ1) is 14.7.